The lowest BCUT2D eigenvalue weighted by Gasteiger charge is -2.14. The standard InChI is InChI=1S/C13H20N2O4/c1-7(12(17)18)6-14-10(16)11-15-8(2)9(19-11)13(3,4)5/h7H,6H2,1-5H3,(H,14,16)(H,17,18). The highest BCUT2D eigenvalue weighted by Crippen LogP contribution is 2.26. The summed E-state index contributed by atoms with van der Waals surface area (Å²) in [5.74, 6) is -1.47. The first kappa shape index (κ1) is 15.2. The van der Waals surface area contributed by atoms with Gasteiger partial charge in [0.25, 0.3) is 5.89 Å². The van der Waals surface area contributed by atoms with Crippen LogP contribution in [0, 0.1) is 12.8 Å². The Labute approximate surface area is 112 Å². The molecule has 1 aromatic heterocycles. The molecule has 2 N–H and O–H groups in total. The fourth-order valence-corrected chi connectivity index (χ4v) is 1.60. The van der Waals surface area contributed by atoms with E-state index >= 15 is 0 Å². The molecule has 0 saturated carbocycles. The molecule has 106 valence electrons. The Morgan fingerprint density at radius 3 is 2.42 bits per heavy atom. The number of aryl methyl sites for hydroxylation is 1. The number of hydrogen-bond acceptors (Lipinski definition) is 4. The van der Waals surface area contributed by atoms with Crippen LogP contribution in [0.2, 0.25) is 0 Å². The molecule has 19 heavy (non-hydrogen) atoms. The van der Waals surface area contributed by atoms with Crippen molar-refractivity contribution in [2.45, 2.75) is 40.0 Å². The maximum absolute atomic E-state index is 11.8. The highest BCUT2D eigenvalue weighted by molar-refractivity contribution is 5.90. The van der Waals surface area contributed by atoms with Gasteiger partial charge in [-0.2, -0.15) is 0 Å². The first-order chi connectivity index (χ1) is 8.62. The lowest BCUT2D eigenvalue weighted by Crippen LogP contribution is -2.31. The third-order valence-corrected chi connectivity index (χ3v) is 2.66. The lowest BCUT2D eigenvalue weighted by molar-refractivity contribution is -0.140. The fourth-order valence-electron chi connectivity index (χ4n) is 1.60. The Balaban J connectivity index is 2.76. The molecule has 0 fully saturated rings. The van der Waals surface area contributed by atoms with Crippen molar-refractivity contribution in [1.29, 1.82) is 0 Å². The van der Waals surface area contributed by atoms with Crippen LogP contribution in [-0.2, 0) is 10.2 Å². The molecule has 1 aromatic rings. The molecule has 0 spiro atoms. The quantitative estimate of drug-likeness (QED) is 0.867. The topological polar surface area (TPSA) is 92.4 Å². The molecule has 6 nitrogen and oxygen atoms in total. The molecule has 0 aliphatic carbocycles. The fraction of sp³-hybridized carbons (Fsp3) is 0.615. The number of oxazole rings is 1. The van der Waals surface area contributed by atoms with Gasteiger partial charge in [0.1, 0.15) is 5.76 Å². The predicted octanol–water partition coefficient (Wildman–Crippen LogP) is 1.73. The molecule has 1 heterocycles. The van der Waals surface area contributed by atoms with E-state index in [0.29, 0.717) is 11.5 Å². The molecule has 0 saturated heterocycles. The number of hydrogen-bond donors (Lipinski definition) is 2. The molecule has 0 radical (unpaired) electrons. The van der Waals surface area contributed by atoms with E-state index in [0.717, 1.165) is 0 Å². The Hall–Kier alpha value is -1.85. The second-order valence-electron chi connectivity index (χ2n) is 5.63. The van der Waals surface area contributed by atoms with Gasteiger partial charge < -0.3 is 14.8 Å². The number of carbonyl (C=O) groups excluding carboxylic acids is 1. The molecule has 6 heteroatoms. The maximum Gasteiger partial charge on any atom is 0.308 e. The van der Waals surface area contributed by atoms with Crippen LogP contribution in [0.5, 0.6) is 0 Å². The third kappa shape index (κ3) is 3.81. The van der Waals surface area contributed by atoms with Gasteiger partial charge in [-0.3, -0.25) is 9.59 Å². The van der Waals surface area contributed by atoms with Crippen molar-refractivity contribution in [2.75, 3.05) is 6.54 Å². The first-order valence-corrected chi connectivity index (χ1v) is 6.12. The van der Waals surface area contributed by atoms with Crippen molar-refractivity contribution in [3.05, 3.63) is 17.3 Å². The predicted molar refractivity (Wildman–Crippen MR) is 69.1 cm³/mol. The maximum atomic E-state index is 11.8. The van der Waals surface area contributed by atoms with E-state index in [1.165, 1.54) is 6.92 Å². The summed E-state index contributed by atoms with van der Waals surface area (Å²) in [4.78, 5) is 26.5. The van der Waals surface area contributed by atoms with Gasteiger partial charge in [-0.25, -0.2) is 4.98 Å². The number of aliphatic carboxylic acids is 1. The zero-order valence-corrected chi connectivity index (χ0v) is 11.9. The summed E-state index contributed by atoms with van der Waals surface area (Å²) in [5.41, 5.74) is 0.438. The van der Waals surface area contributed by atoms with E-state index in [9.17, 15) is 9.59 Å². The summed E-state index contributed by atoms with van der Waals surface area (Å²) in [6, 6.07) is 0. The van der Waals surface area contributed by atoms with E-state index in [4.69, 9.17) is 9.52 Å². The minimum absolute atomic E-state index is 0.0278. The SMILES string of the molecule is Cc1nc(C(=O)NCC(C)C(=O)O)oc1C(C)(C)C. The molecule has 1 rings (SSSR count). The molecular formula is C13H20N2O4. The zero-order chi connectivity index (χ0) is 14.8. The first-order valence-electron chi connectivity index (χ1n) is 6.12. The summed E-state index contributed by atoms with van der Waals surface area (Å²) in [7, 11) is 0. The number of nitrogens with one attached hydrogen (secondary N) is 1. The van der Waals surface area contributed by atoms with Crippen molar-refractivity contribution in [3.8, 4) is 0 Å². The Morgan fingerprint density at radius 2 is 2.00 bits per heavy atom. The van der Waals surface area contributed by atoms with Crippen LogP contribution in [0.4, 0.5) is 0 Å². The summed E-state index contributed by atoms with van der Waals surface area (Å²) in [5, 5.41) is 11.2. The Kier molecular flexibility index (Phi) is 4.34. The van der Waals surface area contributed by atoms with Crippen LogP contribution in [0.3, 0.4) is 0 Å². The van der Waals surface area contributed by atoms with Crippen molar-refractivity contribution in [2.24, 2.45) is 5.92 Å². The van der Waals surface area contributed by atoms with E-state index < -0.39 is 17.8 Å². The summed E-state index contributed by atoms with van der Waals surface area (Å²) in [6.45, 7) is 9.24. The molecule has 0 bridgehead atoms. The number of carbonyl (C=O) groups is 2. The van der Waals surface area contributed by atoms with Gasteiger partial charge in [0, 0.05) is 12.0 Å². The zero-order valence-electron chi connectivity index (χ0n) is 11.9. The monoisotopic (exact) mass is 268 g/mol. The smallest absolute Gasteiger partial charge is 0.308 e. The minimum atomic E-state index is -0.959. The van der Waals surface area contributed by atoms with Crippen LogP contribution >= 0.6 is 0 Å². The highest BCUT2D eigenvalue weighted by Gasteiger charge is 2.25. The minimum Gasteiger partial charge on any atom is -0.481 e. The van der Waals surface area contributed by atoms with Crippen molar-refractivity contribution >= 4 is 11.9 Å². The van der Waals surface area contributed by atoms with Gasteiger partial charge >= 0.3 is 11.9 Å². The van der Waals surface area contributed by atoms with E-state index in [2.05, 4.69) is 10.3 Å². The van der Waals surface area contributed by atoms with Crippen LogP contribution < -0.4 is 5.32 Å². The van der Waals surface area contributed by atoms with Gasteiger partial charge in [-0.1, -0.05) is 27.7 Å². The van der Waals surface area contributed by atoms with Gasteiger partial charge in [0.05, 0.1) is 11.6 Å². The van der Waals surface area contributed by atoms with E-state index in [-0.39, 0.29) is 17.9 Å². The summed E-state index contributed by atoms with van der Waals surface area (Å²) in [6.07, 6.45) is 0. The number of amides is 1. The third-order valence-electron chi connectivity index (χ3n) is 2.66. The molecule has 0 aliphatic rings. The van der Waals surface area contributed by atoms with Crippen molar-refractivity contribution < 1.29 is 19.1 Å². The van der Waals surface area contributed by atoms with Crippen LogP contribution in [0.15, 0.2) is 4.42 Å². The van der Waals surface area contributed by atoms with Crippen molar-refractivity contribution in [1.82, 2.24) is 10.3 Å². The second-order valence-corrected chi connectivity index (χ2v) is 5.63. The molecular weight excluding hydrogens is 248 g/mol. The van der Waals surface area contributed by atoms with E-state index in [1.54, 1.807) is 6.92 Å². The molecule has 0 aliphatic heterocycles. The van der Waals surface area contributed by atoms with Crippen LogP contribution in [0.25, 0.3) is 0 Å². The van der Waals surface area contributed by atoms with Crippen LogP contribution in [-0.4, -0.2) is 28.5 Å². The van der Waals surface area contributed by atoms with Crippen molar-refractivity contribution in [3.63, 3.8) is 0 Å². The van der Waals surface area contributed by atoms with Gasteiger partial charge in [0.15, 0.2) is 0 Å². The normalized spacial score (nSPS) is 13.1. The molecule has 1 unspecified atom stereocenters. The van der Waals surface area contributed by atoms with E-state index in [1.807, 2.05) is 20.8 Å². The number of carboxylic acid groups (broad SMARTS) is 1. The summed E-state index contributed by atoms with van der Waals surface area (Å²) >= 11 is 0. The second kappa shape index (κ2) is 5.42. The van der Waals surface area contributed by atoms with Gasteiger partial charge in [-0.05, 0) is 6.92 Å². The number of nitrogens with zero attached hydrogens (tertiary/aromatic N) is 1. The molecule has 0 aromatic carbocycles. The Morgan fingerprint density at radius 1 is 1.42 bits per heavy atom. The average molecular weight is 268 g/mol. The lowest BCUT2D eigenvalue weighted by atomic mass is 9.92. The van der Waals surface area contributed by atoms with Gasteiger partial charge in [0.2, 0.25) is 0 Å². The van der Waals surface area contributed by atoms with Gasteiger partial charge in [-0.15, -0.1) is 0 Å². The largest absolute Gasteiger partial charge is 0.481 e. The average Bonchev–Trinajstić information content (AvgIpc) is 2.67. The number of rotatable bonds is 4. The molecule has 1 atom stereocenters. The Bertz CT molecular complexity index is 485. The highest BCUT2D eigenvalue weighted by atomic mass is 16.4. The van der Waals surface area contributed by atoms with Crippen LogP contribution in [0.1, 0.15) is 49.8 Å². The summed E-state index contributed by atoms with van der Waals surface area (Å²) < 4.78 is 5.46. The number of aromatic nitrogens is 1. The number of carboxylic acids is 1. The molecule has 1 amide bonds.